The van der Waals surface area contributed by atoms with Gasteiger partial charge in [-0.15, -0.1) is 0 Å². The highest BCUT2D eigenvalue weighted by Gasteiger charge is 2.23. The molecule has 1 fully saturated rings. The van der Waals surface area contributed by atoms with Crippen LogP contribution in [-0.2, 0) is 0 Å². The predicted molar refractivity (Wildman–Crippen MR) is 76.3 cm³/mol. The van der Waals surface area contributed by atoms with Crippen LogP contribution in [0.4, 0.5) is 5.82 Å². The lowest BCUT2D eigenvalue weighted by molar-refractivity contribution is 0.1000. The third kappa shape index (κ3) is 3.44. The Morgan fingerprint density at radius 3 is 3.16 bits per heavy atom. The van der Waals surface area contributed by atoms with Gasteiger partial charge < -0.3 is 16.0 Å². The van der Waals surface area contributed by atoms with E-state index < -0.39 is 5.91 Å². The van der Waals surface area contributed by atoms with Crippen molar-refractivity contribution in [3.8, 4) is 0 Å². The number of rotatable bonds is 5. The molecular formula is C14H22N4O. The standard InChI is InChI=1S/C14H22N4O/c1-16-7-6-12-4-2-3-9-18(12)13-10-11(14(15)19)5-8-17-13/h5,8,10,12,16H,2-4,6-7,9H2,1H3,(H2,15,19). The van der Waals surface area contributed by atoms with E-state index in [9.17, 15) is 4.79 Å². The smallest absolute Gasteiger partial charge is 0.248 e. The molecule has 2 heterocycles. The molecule has 5 nitrogen and oxygen atoms in total. The van der Waals surface area contributed by atoms with Gasteiger partial charge in [-0.3, -0.25) is 4.79 Å². The van der Waals surface area contributed by atoms with Crippen LogP contribution in [0.15, 0.2) is 18.3 Å². The van der Waals surface area contributed by atoms with Crippen LogP contribution in [0, 0.1) is 0 Å². The van der Waals surface area contributed by atoms with Gasteiger partial charge in [0.05, 0.1) is 0 Å². The Balaban J connectivity index is 2.16. The van der Waals surface area contributed by atoms with Crippen molar-refractivity contribution in [3.05, 3.63) is 23.9 Å². The second-order valence-corrected chi connectivity index (χ2v) is 5.00. The summed E-state index contributed by atoms with van der Waals surface area (Å²) in [4.78, 5) is 18.0. The highest BCUT2D eigenvalue weighted by Crippen LogP contribution is 2.25. The number of anilines is 1. The molecule has 1 aliphatic heterocycles. The molecule has 1 atom stereocenters. The topological polar surface area (TPSA) is 71.2 Å². The normalized spacial score (nSPS) is 19.4. The summed E-state index contributed by atoms with van der Waals surface area (Å²) in [7, 11) is 1.97. The van der Waals surface area contributed by atoms with Crippen molar-refractivity contribution >= 4 is 11.7 Å². The number of hydrogen-bond acceptors (Lipinski definition) is 4. The molecule has 1 saturated heterocycles. The third-order valence-electron chi connectivity index (χ3n) is 3.68. The quantitative estimate of drug-likeness (QED) is 0.835. The van der Waals surface area contributed by atoms with Gasteiger partial charge in [-0.1, -0.05) is 0 Å². The zero-order valence-corrected chi connectivity index (χ0v) is 11.4. The van der Waals surface area contributed by atoms with Crippen molar-refractivity contribution < 1.29 is 4.79 Å². The number of nitrogens with zero attached hydrogens (tertiary/aromatic N) is 2. The van der Waals surface area contributed by atoms with Crippen molar-refractivity contribution in [2.75, 3.05) is 25.0 Å². The predicted octanol–water partition coefficient (Wildman–Crippen LogP) is 1.15. The van der Waals surface area contributed by atoms with E-state index in [1.165, 1.54) is 19.3 Å². The number of piperidine rings is 1. The van der Waals surface area contributed by atoms with E-state index in [1.54, 1.807) is 18.3 Å². The highest BCUT2D eigenvalue weighted by molar-refractivity contribution is 5.93. The molecule has 1 aliphatic rings. The highest BCUT2D eigenvalue weighted by atomic mass is 16.1. The zero-order chi connectivity index (χ0) is 13.7. The summed E-state index contributed by atoms with van der Waals surface area (Å²) in [6, 6.07) is 3.97. The first-order valence-corrected chi connectivity index (χ1v) is 6.89. The average molecular weight is 262 g/mol. The minimum atomic E-state index is -0.396. The number of carbonyl (C=O) groups excluding carboxylic acids is 1. The molecule has 0 saturated carbocycles. The van der Waals surface area contributed by atoms with Gasteiger partial charge in [-0.05, 0) is 51.4 Å². The van der Waals surface area contributed by atoms with E-state index in [4.69, 9.17) is 5.73 Å². The largest absolute Gasteiger partial charge is 0.366 e. The minimum absolute atomic E-state index is 0.396. The number of primary amides is 1. The van der Waals surface area contributed by atoms with Crippen LogP contribution in [0.5, 0.6) is 0 Å². The number of pyridine rings is 1. The molecular weight excluding hydrogens is 240 g/mol. The maximum atomic E-state index is 11.3. The molecule has 2 rings (SSSR count). The molecule has 0 aromatic carbocycles. The lowest BCUT2D eigenvalue weighted by Gasteiger charge is -2.37. The fourth-order valence-electron chi connectivity index (χ4n) is 2.64. The van der Waals surface area contributed by atoms with Crippen LogP contribution in [0.25, 0.3) is 0 Å². The first-order chi connectivity index (χ1) is 9.22. The molecule has 3 N–H and O–H groups in total. The maximum Gasteiger partial charge on any atom is 0.248 e. The summed E-state index contributed by atoms with van der Waals surface area (Å²) < 4.78 is 0. The lowest BCUT2D eigenvalue weighted by atomic mass is 9.99. The first kappa shape index (κ1) is 13.8. The molecule has 19 heavy (non-hydrogen) atoms. The van der Waals surface area contributed by atoms with E-state index in [-0.39, 0.29) is 0 Å². The second-order valence-electron chi connectivity index (χ2n) is 5.00. The fraction of sp³-hybridized carbons (Fsp3) is 0.571. The van der Waals surface area contributed by atoms with E-state index in [0.717, 1.165) is 25.3 Å². The van der Waals surface area contributed by atoms with Gasteiger partial charge >= 0.3 is 0 Å². The third-order valence-corrected chi connectivity index (χ3v) is 3.68. The summed E-state index contributed by atoms with van der Waals surface area (Å²) in [6.45, 7) is 2.00. The SMILES string of the molecule is CNCCC1CCCCN1c1cc(C(N)=O)ccn1. The fourth-order valence-corrected chi connectivity index (χ4v) is 2.64. The number of nitrogens with one attached hydrogen (secondary N) is 1. The van der Waals surface area contributed by atoms with Crippen molar-refractivity contribution in [3.63, 3.8) is 0 Å². The minimum Gasteiger partial charge on any atom is -0.366 e. The summed E-state index contributed by atoms with van der Waals surface area (Å²) in [5.74, 6) is 0.476. The molecule has 5 heteroatoms. The monoisotopic (exact) mass is 262 g/mol. The Morgan fingerprint density at radius 2 is 2.42 bits per heavy atom. The Bertz CT molecular complexity index is 435. The van der Waals surface area contributed by atoms with Crippen molar-refractivity contribution in [2.24, 2.45) is 5.73 Å². The van der Waals surface area contributed by atoms with Gasteiger partial charge in [0.1, 0.15) is 5.82 Å². The van der Waals surface area contributed by atoms with Crippen molar-refractivity contribution in [1.82, 2.24) is 10.3 Å². The number of carbonyl (C=O) groups is 1. The van der Waals surface area contributed by atoms with E-state index in [0.29, 0.717) is 11.6 Å². The molecule has 0 spiro atoms. The van der Waals surface area contributed by atoms with Gasteiger partial charge in [0.25, 0.3) is 0 Å². The van der Waals surface area contributed by atoms with Crippen molar-refractivity contribution in [1.29, 1.82) is 0 Å². The summed E-state index contributed by atoms with van der Waals surface area (Å²) in [5.41, 5.74) is 5.86. The lowest BCUT2D eigenvalue weighted by Crippen LogP contribution is -2.41. The molecule has 1 unspecified atom stereocenters. The molecule has 0 aliphatic carbocycles. The van der Waals surface area contributed by atoms with Gasteiger partial charge in [0.15, 0.2) is 0 Å². The molecule has 1 aromatic heterocycles. The molecule has 1 amide bonds. The van der Waals surface area contributed by atoms with E-state index in [1.807, 2.05) is 7.05 Å². The van der Waals surface area contributed by atoms with Crippen LogP contribution >= 0.6 is 0 Å². The molecule has 104 valence electrons. The van der Waals surface area contributed by atoms with Gasteiger partial charge in [0.2, 0.25) is 5.91 Å². The summed E-state index contributed by atoms with van der Waals surface area (Å²) in [6.07, 6.45) is 6.39. The Labute approximate surface area is 114 Å². The van der Waals surface area contributed by atoms with Crippen LogP contribution in [0.1, 0.15) is 36.0 Å². The van der Waals surface area contributed by atoms with Gasteiger partial charge in [-0.2, -0.15) is 0 Å². The van der Waals surface area contributed by atoms with Crippen LogP contribution in [0.3, 0.4) is 0 Å². The molecule has 0 radical (unpaired) electrons. The van der Waals surface area contributed by atoms with Crippen LogP contribution in [-0.4, -0.2) is 37.1 Å². The number of aromatic nitrogens is 1. The van der Waals surface area contributed by atoms with Crippen LogP contribution < -0.4 is 16.0 Å². The second kappa shape index (κ2) is 6.52. The summed E-state index contributed by atoms with van der Waals surface area (Å²) >= 11 is 0. The Morgan fingerprint density at radius 1 is 1.58 bits per heavy atom. The Kier molecular flexibility index (Phi) is 4.74. The molecule has 1 aromatic rings. The average Bonchev–Trinajstić information content (AvgIpc) is 2.45. The number of amides is 1. The van der Waals surface area contributed by atoms with E-state index >= 15 is 0 Å². The van der Waals surface area contributed by atoms with Crippen molar-refractivity contribution in [2.45, 2.75) is 31.7 Å². The Hall–Kier alpha value is -1.62. The number of hydrogen-bond donors (Lipinski definition) is 2. The van der Waals surface area contributed by atoms with Crippen LogP contribution in [0.2, 0.25) is 0 Å². The van der Waals surface area contributed by atoms with Gasteiger partial charge in [0, 0.05) is 24.3 Å². The first-order valence-electron chi connectivity index (χ1n) is 6.89. The summed E-state index contributed by atoms with van der Waals surface area (Å²) in [5, 5.41) is 3.20. The molecule has 0 bridgehead atoms. The van der Waals surface area contributed by atoms with E-state index in [2.05, 4.69) is 15.2 Å². The van der Waals surface area contributed by atoms with Gasteiger partial charge in [-0.25, -0.2) is 4.98 Å². The maximum absolute atomic E-state index is 11.3. The zero-order valence-electron chi connectivity index (χ0n) is 11.4. The number of nitrogens with two attached hydrogens (primary N) is 1.